The standard InChI is InChI=1S/C41H52ClN3O7SSi/c1-26(2)54(27(3)4,28(5)6)52-25-34-36-35(38(47)45(34)53(50,51)32-20-18-29(7)19-21-32)33(24-46)37(42)41(36)39(48)43(22-30-14-10-8-11-15-30)40(49)44(41)23-31-16-12-9-13-17-31/h8-21,26-28,33-37,46H,22-25H2,1-7H3/t33-,34+,35?,36?,37+,41+/m0/s1. The van der Waals surface area contributed by atoms with Crippen molar-refractivity contribution in [2.45, 2.75) is 100 Å². The number of aryl methyl sites for hydroxylation is 1. The van der Waals surface area contributed by atoms with Crippen LogP contribution in [0.15, 0.2) is 89.8 Å². The number of aliphatic hydroxyl groups is 1. The second kappa shape index (κ2) is 15.2. The highest BCUT2D eigenvalue weighted by atomic mass is 35.5. The lowest BCUT2D eigenvalue weighted by Crippen LogP contribution is -2.63. The Balaban J connectivity index is 1.59. The minimum Gasteiger partial charge on any atom is -0.414 e. The van der Waals surface area contributed by atoms with E-state index >= 15 is 4.79 Å². The van der Waals surface area contributed by atoms with Gasteiger partial charge in [-0.25, -0.2) is 17.5 Å². The third-order valence-electron chi connectivity index (χ3n) is 12.2. The first-order valence-electron chi connectivity index (χ1n) is 18.8. The van der Waals surface area contributed by atoms with Crippen LogP contribution in [0, 0.1) is 24.7 Å². The number of sulfonamides is 1. The Morgan fingerprint density at radius 1 is 0.815 bits per heavy atom. The van der Waals surface area contributed by atoms with E-state index < -0.39 is 77.5 Å². The number of amides is 4. The molecule has 6 rings (SSSR count). The molecule has 2 unspecified atom stereocenters. The van der Waals surface area contributed by atoms with Gasteiger partial charge in [-0.3, -0.25) is 14.5 Å². The predicted octanol–water partition coefficient (Wildman–Crippen LogP) is 6.95. The normalized spacial score (nSPS) is 26.0. The summed E-state index contributed by atoms with van der Waals surface area (Å²) in [6.45, 7) is 13.7. The summed E-state index contributed by atoms with van der Waals surface area (Å²) in [4.78, 5) is 47.7. The third-order valence-corrected chi connectivity index (χ3v) is 20.8. The third kappa shape index (κ3) is 6.22. The zero-order valence-corrected chi connectivity index (χ0v) is 34.6. The van der Waals surface area contributed by atoms with Crippen LogP contribution in [-0.4, -0.2) is 84.0 Å². The van der Waals surface area contributed by atoms with E-state index in [1.54, 1.807) is 12.1 Å². The average Bonchev–Trinajstić information content (AvgIpc) is 3.65. The van der Waals surface area contributed by atoms with Gasteiger partial charge in [-0.1, -0.05) is 120 Å². The molecule has 1 N–H and O–H groups in total. The number of alkyl halides is 1. The van der Waals surface area contributed by atoms with Crippen LogP contribution in [0.1, 0.15) is 58.2 Å². The van der Waals surface area contributed by atoms with Crippen LogP contribution >= 0.6 is 11.6 Å². The predicted molar refractivity (Wildman–Crippen MR) is 210 cm³/mol. The van der Waals surface area contributed by atoms with Crippen LogP contribution in [0.5, 0.6) is 0 Å². The van der Waals surface area contributed by atoms with Crippen LogP contribution in [0.3, 0.4) is 0 Å². The molecular formula is C41H52ClN3O7SSi. The first kappa shape index (κ1) is 40.1. The summed E-state index contributed by atoms with van der Waals surface area (Å²) in [7, 11) is -7.22. The molecule has 290 valence electrons. The lowest BCUT2D eigenvalue weighted by molar-refractivity contribution is -0.136. The van der Waals surface area contributed by atoms with E-state index in [0.717, 1.165) is 15.4 Å². The summed E-state index contributed by atoms with van der Waals surface area (Å²) in [5, 5.41) is 9.79. The van der Waals surface area contributed by atoms with Crippen LogP contribution in [-0.2, 0) is 37.1 Å². The molecule has 4 amide bonds. The monoisotopic (exact) mass is 793 g/mol. The summed E-state index contributed by atoms with van der Waals surface area (Å²) in [5.41, 5.74) is 0.752. The number of hydrogen-bond acceptors (Lipinski definition) is 7. The van der Waals surface area contributed by atoms with E-state index in [2.05, 4.69) is 41.5 Å². The lowest BCUT2D eigenvalue weighted by atomic mass is 9.78. The zero-order valence-electron chi connectivity index (χ0n) is 32.1. The van der Waals surface area contributed by atoms with Crippen molar-refractivity contribution in [3.63, 3.8) is 0 Å². The molecule has 0 bridgehead atoms. The molecule has 6 atom stereocenters. The second-order valence-corrected chi connectivity index (χ2v) is 23.7. The Bertz CT molecular complexity index is 1940. The number of halogens is 1. The summed E-state index contributed by atoms with van der Waals surface area (Å²) < 4.78 is 37.7. The molecule has 3 aromatic rings. The molecule has 13 heteroatoms. The van der Waals surface area contributed by atoms with Gasteiger partial charge in [0.15, 0.2) is 8.32 Å². The smallest absolute Gasteiger partial charge is 0.328 e. The van der Waals surface area contributed by atoms with Gasteiger partial charge in [0.2, 0.25) is 5.91 Å². The van der Waals surface area contributed by atoms with Gasteiger partial charge >= 0.3 is 6.03 Å². The summed E-state index contributed by atoms with van der Waals surface area (Å²) in [6.07, 6.45) is 0. The second-order valence-electron chi connectivity index (χ2n) is 16.0. The van der Waals surface area contributed by atoms with Crippen LogP contribution < -0.4 is 0 Å². The van der Waals surface area contributed by atoms with Crippen molar-refractivity contribution in [2.75, 3.05) is 13.2 Å². The molecule has 54 heavy (non-hydrogen) atoms. The Hall–Kier alpha value is -3.55. The molecule has 3 fully saturated rings. The number of urea groups is 1. The van der Waals surface area contributed by atoms with E-state index in [1.165, 1.54) is 21.9 Å². The van der Waals surface area contributed by atoms with Gasteiger partial charge < -0.3 is 14.4 Å². The minimum absolute atomic E-state index is 0.0313. The SMILES string of the molecule is Cc1ccc(S(=O)(=O)N2C(=O)C3C([C@H]2CO[Si](C(C)C)(C(C)C)C(C)C)[C@]2(C(=O)N(Cc4ccccc4)C(=O)N2Cc2ccccc2)[C@H](Cl)[C@H]3CO)cc1. The van der Waals surface area contributed by atoms with E-state index in [-0.39, 0.29) is 41.2 Å². The molecule has 0 aromatic heterocycles. The van der Waals surface area contributed by atoms with Gasteiger partial charge in [0, 0.05) is 25.0 Å². The molecule has 1 spiro atoms. The summed E-state index contributed by atoms with van der Waals surface area (Å²) in [5.74, 6) is -4.76. The lowest BCUT2D eigenvalue weighted by Gasteiger charge is -2.46. The number of carbonyl (C=O) groups is 3. The van der Waals surface area contributed by atoms with Crippen molar-refractivity contribution < 1.29 is 32.3 Å². The first-order chi connectivity index (χ1) is 25.6. The Labute approximate surface area is 325 Å². The number of imide groups is 1. The van der Waals surface area contributed by atoms with Gasteiger partial charge in [0.05, 0.1) is 35.4 Å². The fourth-order valence-electron chi connectivity index (χ4n) is 9.97. The molecule has 2 saturated heterocycles. The number of carbonyl (C=O) groups excluding carboxylic acids is 3. The van der Waals surface area contributed by atoms with Crippen molar-refractivity contribution in [1.82, 2.24) is 14.1 Å². The number of rotatable bonds is 13. The first-order valence-corrected chi connectivity index (χ1v) is 22.8. The van der Waals surface area contributed by atoms with Gasteiger partial charge in [0.25, 0.3) is 15.9 Å². The molecule has 1 aliphatic carbocycles. The number of benzene rings is 3. The molecular weight excluding hydrogens is 742 g/mol. The maximum atomic E-state index is 15.4. The highest BCUT2D eigenvalue weighted by Gasteiger charge is 2.78. The fraction of sp³-hybridized carbons (Fsp3) is 0.488. The molecule has 1 saturated carbocycles. The van der Waals surface area contributed by atoms with Gasteiger partial charge in [0.1, 0.15) is 5.54 Å². The van der Waals surface area contributed by atoms with E-state index in [9.17, 15) is 23.1 Å². The van der Waals surface area contributed by atoms with E-state index in [4.69, 9.17) is 16.0 Å². The van der Waals surface area contributed by atoms with Crippen molar-refractivity contribution in [2.24, 2.45) is 17.8 Å². The maximum absolute atomic E-state index is 15.4. The van der Waals surface area contributed by atoms with Gasteiger partial charge in [-0.05, 0) is 46.8 Å². The Kier molecular flexibility index (Phi) is 11.3. The Morgan fingerprint density at radius 2 is 1.33 bits per heavy atom. The quantitative estimate of drug-likeness (QED) is 0.113. The number of nitrogens with zero attached hydrogens (tertiary/aromatic N) is 3. The largest absolute Gasteiger partial charge is 0.414 e. The van der Waals surface area contributed by atoms with Crippen molar-refractivity contribution >= 4 is 47.8 Å². The van der Waals surface area contributed by atoms with Crippen LogP contribution in [0.4, 0.5) is 4.79 Å². The van der Waals surface area contributed by atoms with E-state index in [0.29, 0.717) is 5.56 Å². The maximum Gasteiger partial charge on any atom is 0.328 e. The number of fused-ring (bicyclic) bond motifs is 2. The van der Waals surface area contributed by atoms with E-state index in [1.807, 2.05) is 67.6 Å². The van der Waals surface area contributed by atoms with Crippen LogP contribution in [0.25, 0.3) is 0 Å². The van der Waals surface area contributed by atoms with Gasteiger partial charge in [-0.15, -0.1) is 11.6 Å². The molecule has 2 heterocycles. The molecule has 3 aromatic carbocycles. The van der Waals surface area contributed by atoms with Crippen molar-refractivity contribution in [1.29, 1.82) is 0 Å². The summed E-state index contributed by atoms with van der Waals surface area (Å²) >= 11 is 7.45. The fourth-order valence-corrected chi connectivity index (χ4v) is 17.6. The number of aliphatic hydroxyl groups excluding tert-OH is 1. The molecule has 3 aliphatic rings. The van der Waals surface area contributed by atoms with Crippen molar-refractivity contribution in [3.8, 4) is 0 Å². The highest BCUT2D eigenvalue weighted by molar-refractivity contribution is 7.89. The average molecular weight is 794 g/mol. The molecule has 2 aliphatic heterocycles. The highest BCUT2D eigenvalue weighted by Crippen LogP contribution is 2.60. The zero-order chi connectivity index (χ0) is 39.3. The topological polar surface area (TPSA) is 125 Å². The Morgan fingerprint density at radius 3 is 1.83 bits per heavy atom. The van der Waals surface area contributed by atoms with Crippen molar-refractivity contribution in [3.05, 3.63) is 102 Å². The van der Waals surface area contributed by atoms with Crippen LogP contribution in [0.2, 0.25) is 16.6 Å². The summed E-state index contributed by atoms with van der Waals surface area (Å²) in [6, 6.07) is 22.8. The van der Waals surface area contributed by atoms with Gasteiger partial charge in [-0.2, -0.15) is 0 Å². The minimum atomic E-state index is -4.52. The molecule has 10 nitrogen and oxygen atoms in total. The number of hydrogen-bond donors (Lipinski definition) is 1. The molecule has 0 radical (unpaired) electrons.